The second-order valence-corrected chi connectivity index (χ2v) is 5.77. The maximum atomic E-state index is 12.4. The number of rotatable bonds is 4. The molecule has 1 aliphatic heterocycles. The van der Waals surface area contributed by atoms with Crippen LogP contribution in [0.15, 0.2) is 30.3 Å². The summed E-state index contributed by atoms with van der Waals surface area (Å²) in [5.74, 6) is 0. The molecule has 0 aromatic heterocycles. The van der Waals surface area contributed by atoms with E-state index in [-0.39, 0.29) is 17.6 Å². The molecular weight excluding hydrogens is 238 g/mol. The van der Waals surface area contributed by atoms with Gasteiger partial charge in [0.15, 0.2) is 0 Å². The summed E-state index contributed by atoms with van der Waals surface area (Å²) in [6.45, 7) is 5.73. The Morgan fingerprint density at radius 1 is 1.32 bits per heavy atom. The van der Waals surface area contributed by atoms with Gasteiger partial charge in [-0.2, -0.15) is 0 Å². The van der Waals surface area contributed by atoms with Gasteiger partial charge < -0.3 is 15.1 Å². The van der Waals surface area contributed by atoms with Crippen molar-refractivity contribution in [3.8, 4) is 0 Å². The second-order valence-electron chi connectivity index (χ2n) is 5.77. The third-order valence-corrected chi connectivity index (χ3v) is 3.88. The number of urea groups is 1. The number of carbonyl (C=O) groups excluding carboxylic acids is 1. The van der Waals surface area contributed by atoms with Crippen LogP contribution in [0.2, 0.25) is 0 Å². The van der Waals surface area contributed by atoms with Crippen molar-refractivity contribution in [2.24, 2.45) is 0 Å². The molecule has 1 aromatic carbocycles. The summed E-state index contributed by atoms with van der Waals surface area (Å²) in [5, 5.41) is 3.16. The monoisotopic (exact) mass is 261 g/mol. The zero-order chi connectivity index (χ0) is 14.0. The van der Waals surface area contributed by atoms with Gasteiger partial charge in [-0.25, -0.2) is 4.79 Å². The molecule has 1 aliphatic rings. The largest absolute Gasteiger partial charge is 0.320 e. The predicted molar refractivity (Wildman–Crippen MR) is 77.1 cm³/mol. The highest BCUT2D eigenvalue weighted by molar-refractivity contribution is 5.78. The Kier molecular flexibility index (Phi) is 3.80. The van der Waals surface area contributed by atoms with Crippen LogP contribution in [0.3, 0.4) is 0 Å². The number of nitrogens with zero attached hydrogens (tertiary/aromatic N) is 2. The number of nitrogens with one attached hydrogen (secondary N) is 1. The van der Waals surface area contributed by atoms with Crippen LogP contribution < -0.4 is 5.32 Å². The van der Waals surface area contributed by atoms with Gasteiger partial charge in [0.2, 0.25) is 0 Å². The average molecular weight is 261 g/mol. The van der Waals surface area contributed by atoms with E-state index in [0.717, 1.165) is 13.1 Å². The second kappa shape index (κ2) is 5.21. The third-order valence-electron chi connectivity index (χ3n) is 3.88. The van der Waals surface area contributed by atoms with Gasteiger partial charge >= 0.3 is 6.03 Å². The van der Waals surface area contributed by atoms with E-state index >= 15 is 0 Å². The van der Waals surface area contributed by atoms with Crippen LogP contribution in [-0.2, 0) is 0 Å². The van der Waals surface area contributed by atoms with E-state index in [1.807, 2.05) is 42.1 Å². The van der Waals surface area contributed by atoms with E-state index in [9.17, 15) is 4.79 Å². The molecule has 2 rings (SSSR count). The Labute approximate surface area is 115 Å². The molecule has 1 atom stereocenters. The summed E-state index contributed by atoms with van der Waals surface area (Å²) < 4.78 is 0. The molecule has 1 fully saturated rings. The lowest BCUT2D eigenvalue weighted by molar-refractivity contribution is 0.149. The van der Waals surface area contributed by atoms with Gasteiger partial charge in [0.05, 0.1) is 11.6 Å². The minimum atomic E-state index is -0.177. The molecule has 1 heterocycles. The van der Waals surface area contributed by atoms with Gasteiger partial charge in [-0.15, -0.1) is 0 Å². The lowest BCUT2D eigenvalue weighted by Crippen LogP contribution is -2.51. The van der Waals surface area contributed by atoms with Gasteiger partial charge in [0.25, 0.3) is 0 Å². The number of carbonyl (C=O) groups is 1. The molecule has 1 unspecified atom stereocenters. The first kappa shape index (κ1) is 13.9. The van der Waals surface area contributed by atoms with Gasteiger partial charge in [0.1, 0.15) is 0 Å². The van der Waals surface area contributed by atoms with Crippen LogP contribution in [0.5, 0.6) is 0 Å². The molecule has 1 saturated heterocycles. The maximum Gasteiger partial charge on any atom is 0.320 e. The normalized spacial score (nSPS) is 20.2. The molecule has 19 heavy (non-hydrogen) atoms. The Bertz CT molecular complexity index is 444. The van der Waals surface area contributed by atoms with Crippen LogP contribution >= 0.6 is 0 Å². The topological polar surface area (TPSA) is 35.6 Å². The van der Waals surface area contributed by atoms with Crippen LogP contribution in [-0.4, -0.2) is 48.6 Å². The van der Waals surface area contributed by atoms with Gasteiger partial charge in [-0.05, 0) is 26.5 Å². The van der Waals surface area contributed by atoms with Crippen molar-refractivity contribution in [3.63, 3.8) is 0 Å². The highest BCUT2D eigenvalue weighted by atomic mass is 16.2. The molecule has 0 spiro atoms. The number of benzene rings is 1. The van der Waals surface area contributed by atoms with Crippen molar-refractivity contribution in [3.05, 3.63) is 35.9 Å². The zero-order valence-corrected chi connectivity index (χ0v) is 12.2. The van der Waals surface area contributed by atoms with E-state index in [1.54, 1.807) is 0 Å². The maximum absolute atomic E-state index is 12.4. The molecule has 104 valence electrons. The Morgan fingerprint density at radius 2 is 1.95 bits per heavy atom. The summed E-state index contributed by atoms with van der Waals surface area (Å²) in [6.07, 6.45) is 0. The summed E-state index contributed by atoms with van der Waals surface area (Å²) >= 11 is 0. The molecule has 2 amide bonds. The summed E-state index contributed by atoms with van der Waals surface area (Å²) in [4.78, 5) is 16.2. The van der Waals surface area contributed by atoms with Gasteiger partial charge in [0, 0.05) is 20.1 Å². The number of hydrogen-bond acceptors (Lipinski definition) is 2. The first-order valence-corrected chi connectivity index (χ1v) is 6.71. The molecule has 0 saturated carbocycles. The van der Waals surface area contributed by atoms with Crippen molar-refractivity contribution in [1.82, 2.24) is 15.1 Å². The van der Waals surface area contributed by atoms with Crippen LogP contribution in [0.1, 0.15) is 25.5 Å². The summed E-state index contributed by atoms with van der Waals surface area (Å²) in [6, 6.07) is 10.5. The number of hydrogen-bond donors (Lipinski definition) is 1. The quantitative estimate of drug-likeness (QED) is 0.901. The molecule has 0 radical (unpaired) electrons. The fraction of sp³-hybridized carbons (Fsp3) is 0.533. The minimum absolute atomic E-state index is 0.106. The van der Waals surface area contributed by atoms with Crippen molar-refractivity contribution in [1.29, 1.82) is 0 Å². The molecule has 0 bridgehead atoms. The fourth-order valence-electron chi connectivity index (χ4n) is 2.74. The Balaban J connectivity index is 2.22. The molecule has 1 N–H and O–H groups in total. The van der Waals surface area contributed by atoms with Gasteiger partial charge in [-0.1, -0.05) is 30.3 Å². The third kappa shape index (κ3) is 2.59. The highest BCUT2D eigenvalue weighted by Gasteiger charge is 2.42. The van der Waals surface area contributed by atoms with E-state index in [1.165, 1.54) is 5.56 Å². The molecule has 4 nitrogen and oxygen atoms in total. The van der Waals surface area contributed by atoms with E-state index < -0.39 is 0 Å². The Morgan fingerprint density at radius 3 is 2.53 bits per heavy atom. The molecule has 1 aromatic rings. The lowest BCUT2D eigenvalue weighted by atomic mass is 10.0. The van der Waals surface area contributed by atoms with Crippen molar-refractivity contribution in [2.75, 3.05) is 27.2 Å². The summed E-state index contributed by atoms with van der Waals surface area (Å²) in [5.41, 5.74) is 1.02. The first-order chi connectivity index (χ1) is 8.97. The van der Waals surface area contributed by atoms with Crippen LogP contribution in [0.4, 0.5) is 4.79 Å². The standard InChI is InChI=1S/C15H23N3O/c1-15(2,11-16-3)18-10-13(17(4)14(18)19)12-8-6-5-7-9-12/h5-9,13,16H,10-11H2,1-4H3. The van der Waals surface area contributed by atoms with E-state index in [0.29, 0.717) is 0 Å². The predicted octanol–water partition coefficient (Wildman–Crippen LogP) is 2.09. The smallest absolute Gasteiger partial charge is 0.319 e. The number of amides is 2. The van der Waals surface area contributed by atoms with Crippen molar-refractivity contribution >= 4 is 6.03 Å². The summed E-state index contributed by atoms with van der Waals surface area (Å²) in [7, 11) is 3.80. The fourth-order valence-corrected chi connectivity index (χ4v) is 2.74. The van der Waals surface area contributed by atoms with Gasteiger partial charge in [-0.3, -0.25) is 0 Å². The van der Waals surface area contributed by atoms with E-state index in [4.69, 9.17) is 0 Å². The molecule has 4 heteroatoms. The zero-order valence-electron chi connectivity index (χ0n) is 12.2. The van der Waals surface area contributed by atoms with Crippen LogP contribution in [0, 0.1) is 0 Å². The van der Waals surface area contributed by atoms with E-state index in [2.05, 4.69) is 31.3 Å². The number of likely N-dealkylation sites (N-methyl/N-ethyl adjacent to an activating group) is 2. The minimum Gasteiger partial charge on any atom is -0.319 e. The van der Waals surface area contributed by atoms with Crippen molar-refractivity contribution in [2.45, 2.75) is 25.4 Å². The first-order valence-electron chi connectivity index (χ1n) is 6.71. The highest BCUT2D eigenvalue weighted by Crippen LogP contribution is 2.32. The average Bonchev–Trinajstić information content (AvgIpc) is 2.68. The molecule has 0 aliphatic carbocycles. The van der Waals surface area contributed by atoms with Crippen molar-refractivity contribution < 1.29 is 4.79 Å². The lowest BCUT2D eigenvalue weighted by Gasteiger charge is -2.34. The SMILES string of the molecule is CNCC(C)(C)N1CC(c2ccccc2)N(C)C1=O. The Hall–Kier alpha value is -1.55. The molecular formula is C15H23N3O. The van der Waals surface area contributed by atoms with Crippen LogP contribution in [0.25, 0.3) is 0 Å².